The molecule has 1 saturated heterocycles. The van der Waals surface area contributed by atoms with Crippen LogP contribution in [0.3, 0.4) is 0 Å². The molecule has 2 aliphatic heterocycles. The maximum atomic E-state index is 12.8. The molecular weight excluding hydrogens is 420 g/mol. The van der Waals surface area contributed by atoms with Crippen LogP contribution in [-0.4, -0.2) is 41.1 Å². The second kappa shape index (κ2) is 9.52. The van der Waals surface area contributed by atoms with E-state index in [4.69, 9.17) is 10.5 Å². The van der Waals surface area contributed by atoms with Crippen molar-refractivity contribution in [2.24, 2.45) is 5.73 Å². The molecule has 0 radical (unpaired) electrons. The molecule has 176 valence electrons. The summed E-state index contributed by atoms with van der Waals surface area (Å²) in [6.45, 7) is 2.43. The van der Waals surface area contributed by atoms with E-state index in [0.29, 0.717) is 30.5 Å². The summed E-state index contributed by atoms with van der Waals surface area (Å²) < 4.78 is 7.83. The van der Waals surface area contributed by atoms with Crippen LogP contribution in [0.15, 0.2) is 29.2 Å². The van der Waals surface area contributed by atoms with Crippen LogP contribution >= 0.6 is 0 Å². The molecule has 5 rings (SSSR count). The summed E-state index contributed by atoms with van der Waals surface area (Å²) in [4.78, 5) is 28.9. The van der Waals surface area contributed by atoms with E-state index in [1.165, 1.54) is 5.56 Å². The van der Waals surface area contributed by atoms with Gasteiger partial charge in [-0.2, -0.15) is 4.98 Å². The Morgan fingerprint density at radius 3 is 2.70 bits per heavy atom. The molecule has 1 aromatic carbocycles. The summed E-state index contributed by atoms with van der Waals surface area (Å²) >= 11 is 0. The molecule has 0 unspecified atom stereocenters. The molecule has 2 aromatic rings. The van der Waals surface area contributed by atoms with Gasteiger partial charge in [-0.1, -0.05) is 6.07 Å². The molecule has 9 nitrogen and oxygen atoms in total. The number of carbonyl (C=O) groups is 1. The van der Waals surface area contributed by atoms with E-state index in [1.807, 2.05) is 6.07 Å². The van der Waals surface area contributed by atoms with Crippen LogP contribution in [-0.2, 0) is 4.79 Å². The van der Waals surface area contributed by atoms with E-state index in [-0.39, 0.29) is 23.7 Å². The number of carbonyl (C=O) groups excluding carboxylic acids is 1. The van der Waals surface area contributed by atoms with Gasteiger partial charge in [-0.05, 0) is 75.2 Å². The average Bonchev–Trinajstić information content (AvgIpc) is 2.83. The predicted molar refractivity (Wildman–Crippen MR) is 126 cm³/mol. The van der Waals surface area contributed by atoms with Gasteiger partial charge in [-0.15, -0.1) is 0 Å². The summed E-state index contributed by atoms with van der Waals surface area (Å²) in [5.41, 5.74) is 7.32. The van der Waals surface area contributed by atoms with Crippen LogP contribution in [0.4, 0.5) is 11.5 Å². The third kappa shape index (κ3) is 4.74. The van der Waals surface area contributed by atoms with Gasteiger partial charge in [0.1, 0.15) is 0 Å². The van der Waals surface area contributed by atoms with Crippen LogP contribution in [0.25, 0.3) is 0 Å². The molecular formula is C24H32N6O3. The van der Waals surface area contributed by atoms with Gasteiger partial charge in [0.15, 0.2) is 17.3 Å². The van der Waals surface area contributed by atoms with E-state index < -0.39 is 0 Å². The van der Waals surface area contributed by atoms with Crippen molar-refractivity contribution in [1.29, 1.82) is 0 Å². The van der Waals surface area contributed by atoms with Crippen LogP contribution in [0, 0.1) is 0 Å². The molecule has 0 atom stereocenters. The van der Waals surface area contributed by atoms with Crippen molar-refractivity contribution in [1.82, 2.24) is 20.2 Å². The smallest absolute Gasteiger partial charge is 0.350 e. The number of anilines is 2. The number of fused-ring (bicyclic) bond motifs is 2. The van der Waals surface area contributed by atoms with Crippen molar-refractivity contribution in [2.45, 2.75) is 62.9 Å². The van der Waals surface area contributed by atoms with Gasteiger partial charge in [0.05, 0.1) is 11.9 Å². The highest BCUT2D eigenvalue weighted by Crippen LogP contribution is 2.42. The zero-order valence-electron chi connectivity index (χ0n) is 18.8. The quantitative estimate of drug-likeness (QED) is 0.469. The first-order chi connectivity index (χ1) is 16.1. The zero-order valence-corrected chi connectivity index (χ0v) is 18.8. The number of benzene rings is 1. The van der Waals surface area contributed by atoms with E-state index in [9.17, 15) is 9.59 Å². The number of nitrogens with two attached hydrogens (primary N) is 1. The predicted octanol–water partition coefficient (Wildman–Crippen LogP) is 2.51. The maximum absolute atomic E-state index is 12.8. The Hall–Kier alpha value is -2.91. The molecule has 2 fully saturated rings. The molecule has 1 amide bonds. The topological polar surface area (TPSA) is 123 Å². The minimum absolute atomic E-state index is 0.00462. The molecule has 1 aromatic heterocycles. The summed E-state index contributed by atoms with van der Waals surface area (Å²) in [5, 5.41) is 9.75. The number of hydrogen-bond acceptors (Lipinski definition) is 7. The number of aromatic nitrogens is 2. The Labute approximate surface area is 193 Å². The third-order valence-corrected chi connectivity index (χ3v) is 7.03. The largest absolute Gasteiger partial charge is 0.450 e. The molecule has 5 N–H and O–H groups in total. The van der Waals surface area contributed by atoms with Gasteiger partial charge in [0.2, 0.25) is 5.91 Å². The van der Waals surface area contributed by atoms with Crippen LogP contribution in [0.2, 0.25) is 0 Å². The van der Waals surface area contributed by atoms with Crippen molar-refractivity contribution in [3.8, 4) is 11.5 Å². The molecule has 0 bridgehead atoms. The lowest BCUT2D eigenvalue weighted by Gasteiger charge is -2.31. The molecule has 3 aliphatic rings. The number of nitrogens with one attached hydrogen (secondary N) is 3. The first-order valence-corrected chi connectivity index (χ1v) is 12.0. The molecule has 1 saturated carbocycles. The third-order valence-electron chi connectivity index (χ3n) is 7.03. The number of piperidine rings is 1. The fraction of sp³-hybridized carbons (Fsp3) is 0.542. The number of rotatable bonds is 5. The minimum atomic E-state index is -0.279. The lowest BCUT2D eigenvalue weighted by atomic mass is 9.90. The number of nitrogens with zero attached hydrogens (tertiary/aromatic N) is 2. The lowest BCUT2D eigenvalue weighted by Crippen LogP contribution is -2.40. The van der Waals surface area contributed by atoms with Gasteiger partial charge in [-0.25, -0.2) is 4.79 Å². The van der Waals surface area contributed by atoms with Gasteiger partial charge in [0, 0.05) is 25.0 Å². The fourth-order valence-electron chi connectivity index (χ4n) is 5.20. The lowest BCUT2D eigenvalue weighted by molar-refractivity contribution is -0.121. The molecule has 33 heavy (non-hydrogen) atoms. The summed E-state index contributed by atoms with van der Waals surface area (Å²) in [6, 6.07) is 6.46. The number of ether oxygens (including phenoxy) is 1. The van der Waals surface area contributed by atoms with Crippen molar-refractivity contribution >= 4 is 17.4 Å². The van der Waals surface area contributed by atoms with E-state index in [1.54, 1.807) is 10.8 Å². The first kappa shape index (κ1) is 21.9. The maximum Gasteiger partial charge on any atom is 0.350 e. The number of amides is 1. The second-order valence-electron chi connectivity index (χ2n) is 9.26. The van der Waals surface area contributed by atoms with Crippen molar-refractivity contribution in [2.75, 3.05) is 25.0 Å². The highest BCUT2D eigenvalue weighted by atomic mass is 16.5. The highest BCUT2D eigenvalue weighted by Gasteiger charge is 2.27. The van der Waals surface area contributed by atoms with E-state index in [0.717, 1.165) is 63.1 Å². The van der Waals surface area contributed by atoms with Crippen molar-refractivity contribution in [3.05, 3.63) is 40.4 Å². The van der Waals surface area contributed by atoms with Gasteiger partial charge >= 0.3 is 5.69 Å². The minimum Gasteiger partial charge on any atom is -0.450 e. The summed E-state index contributed by atoms with van der Waals surface area (Å²) in [6.07, 6.45) is 7.63. The van der Waals surface area contributed by atoms with Gasteiger partial charge < -0.3 is 26.4 Å². The van der Waals surface area contributed by atoms with Crippen molar-refractivity contribution in [3.63, 3.8) is 0 Å². The van der Waals surface area contributed by atoms with Gasteiger partial charge in [-0.3, -0.25) is 9.36 Å². The Bertz CT molecular complexity index is 1070. The average molecular weight is 453 g/mol. The summed E-state index contributed by atoms with van der Waals surface area (Å²) in [5.74, 6) is 2.31. The fourth-order valence-corrected chi connectivity index (χ4v) is 5.20. The monoisotopic (exact) mass is 452 g/mol. The summed E-state index contributed by atoms with van der Waals surface area (Å²) in [7, 11) is 0. The highest BCUT2D eigenvalue weighted by molar-refractivity contribution is 5.76. The van der Waals surface area contributed by atoms with Crippen molar-refractivity contribution < 1.29 is 9.53 Å². The van der Waals surface area contributed by atoms with E-state index >= 15 is 0 Å². The Morgan fingerprint density at radius 2 is 1.94 bits per heavy atom. The molecule has 3 heterocycles. The van der Waals surface area contributed by atoms with E-state index in [2.05, 4.69) is 33.1 Å². The Morgan fingerprint density at radius 1 is 1.15 bits per heavy atom. The molecule has 1 aliphatic carbocycles. The Kier molecular flexibility index (Phi) is 6.32. The second-order valence-corrected chi connectivity index (χ2v) is 9.26. The van der Waals surface area contributed by atoms with Crippen LogP contribution in [0.1, 0.15) is 62.5 Å². The van der Waals surface area contributed by atoms with Crippen LogP contribution in [0.5, 0.6) is 11.5 Å². The first-order valence-electron chi connectivity index (χ1n) is 12.0. The SMILES string of the molecule is NCCC(=O)N[C@H]1CC[C@H](n2cc3c(nc2=O)Nc2cc(C4CCNCC4)ccc2O3)CC1. The number of hydrogen-bond donors (Lipinski definition) is 4. The molecule has 9 heteroatoms. The standard InChI is InChI=1S/C24H32N6O3/c25-10-7-22(31)27-17-2-4-18(5-3-17)30-14-21-23(29-24(30)32)28-19-13-16(1-6-20(19)33-21)15-8-11-26-12-9-15/h1,6,13-15,17-18,26H,2-5,7-12,25H2,(H,27,31)(H,28,29,32)/t17-,18-. The molecule has 0 spiro atoms. The van der Waals surface area contributed by atoms with Crippen LogP contribution < -0.4 is 32.1 Å². The normalized spacial score (nSPS) is 22.5. The Balaban J connectivity index is 1.28. The van der Waals surface area contributed by atoms with Gasteiger partial charge in [0.25, 0.3) is 0 Å². The zero-order chi connectivity index (χ0) is 22.8.